The van der Waals surface area contributed by atoms with Crippen molar-refractivity contribution in [3.63, 3.8) is 0 Å². The smallest absolute Gasteiger partial charge is 0.408 e. The van der Waals surface area contributed by atoms with Crippen LogP contribution in [-0.2, 0) is 29.1 Å². The maximum Gasteiger partial charge on any atom is 0.408 e. The topological polar surface area (TPSA) is 208 Å². The van der Waals surface area contributed by atoms with Gasteiger partial charge in [0, 0.05) is 23.3 Å². The van der Waals surface area contributed by atoms with Gasteiger partial charge in [0.05, 0.1) is 18.4 Å². The fourth-order valence-electron chi connectivity index (χ4n) is 8.98. The van der Waals surface area contributed by atoms with Crippen LogP contribution in [0.4, 0.5) is 4.79 Å². The number of hydrogen-bond donors (Lipinski definition) is 3. The average molecular weight is 869 g/mol. The highest BCUT2D eigenvalue weighted by atomic mass is 32.2. The van der Waals surface area contributed by atoms with Crippen molar-refractivity contribution in [1.29, 1.82) is 0 Å². The number of rotatable bonds is 10. The molecular weight excluding hydrogens is 817 g/mol. The molecular formula is C45H52N6O10S. The van der Waals surface area contributed by atoms with E-state index in [9.17, 15) is 27.6 Å². The summed E-state index contributed by atoms with van der Waals surface area (Å²) in [5.41, 5.74) is 0.528. The lowest BCUT2D eigenvalue weighted by atomic mass is 10.0. The number of fused-ring (bicyclic) bond motifs is 5. The van der Waals surface area contributed by atoms with E-state index in [1.54, 1.807) is 0 Å². The highest BCUT2D eigenvalue weighted by Crippen LogP contribution is 2.46. The fraction of sp³-hybridized carbons (Fsp3) is 0.511. The van der Waals surface area contributed by atoms with Gasteiger partial charge in [0.15, 0.2) is 5.82 Å². The molecule has 0 bridgehead atoms. The molecule has 3 saturated carbocycles. The van der Waals surface area contributed by atoms with Gasteiger partial charge >= 0.3 is 6.09 Å². The van der Waals surface area contributed by atoms with Crippen molar-refractivity contribution in [2.75, 3.05) is 13.2 Å². The SMILES string of the molecule is CCOc1ccc(-c2nc(O[C@@H]3C[C@H]4C(=O)N[C@]5(C(=O)NS(=O)(=O)C6CC6)C[C@@H]5/C=C\CCCCC[C@H](NC(=O)OC5CCCC5)C(=O)N4C3)c3oc4ccccc4c3n2)cc1. The summed E-state index contributed by atoms with van der Waals surface area (Å²) in [6, 6.07) is 12.6. The van der Waals surface area contributed by atoms with Crippen LogP contribution < -0.4 is 24.8 Å². The summed E-state index contributed by atoms with van der Waals surface area (Å²) in [5, 5.41) is 5.84. The van der Waals surface area contributed by atoms with Gasteiger partial charge in [0.1, 0.15) is 46.7 Å². The molecule has 5 atom stereocenters. The number of ether oxygens (including phenoxy) is 3. The van der Waals surface area contributed by atoms with E-state index < -0.39 is 68.7 Å². The summed E-state index contributed by atoms with van der Waals surface area (Å²) in [5.74, 6) is -1.24. The molecule has 4 aromatic rings. The van der Waals surface area contributed by atoms with Gasteiger partial charge in [0.2, 0.25) is 27.4 Å². The first kappa shape index (κ1) is 41.6. The molecule has 62 heavy (non-hydrogen) atoms. The average Bonchev–Trinajstić information content (AvgIpc) is 4.07. The maximum absolute atomic E-state index is 14.8. The minimum absolute atomic E-state index is 0.0144. The Kier molecular flexibility index (Phi) is 11.6. The molecule has 2 aromatic heterocycles. The molecule has 4 heterocycles. The predicted octanol–water partition coefficient (Wildman–Crippen LogP) is 5.83. The summed E-state index contributed by atoms with van der Waals surface area (Å²) in [4.78, 5) is 67.7. The van der Waals surface area contributed by atoms with Gasteiger partial charge < -0.3 is 34.2 Å². The Morgan fingerprint density at radius 3 is 2.50 bits per heavy atom. The zero-order valence-electron chi connectivity index (χ0n) is 34.7. The largest absolute Gasteiger partial charge is 0.494 e. The Bertz CT molecular complexity index is 2500. The van der Waals surface area contributed by atoms with Gasteiger partial charge in [-0.05, 0) is 108 Å². The van der Waals surface area contributed by atoms with E-state index in [4.69, 9.17) is 28.6 Å². The third-order valence-electron chi connectivity index (χ3n) is 12.6. The van der Waals surface area contributed by atoms with Crippen molar-refractivity contribution in [2.45, 2.75) is 125 Å². The minimum atomic E-state index is -3.92. The number of hydrogen-bond acceptors (Lipinski definition) is 12. The standard InChI is InChI=1S/C45H52N6O10S/c1-2-58-29-20-18-27(19-21-29)39-47-37-33-15-10-11-17-36(33)61-38(37)41(48-39)59-31-24-35-40(52)49-45(43(54)50-62(56,57)32-22-23-32)25-28(45)12-6-4-3-5-7-16-34(42(53)51(35)26-31)46-44(55)60-30-13-8-9-14-30/h6,10-12,15,17-21,28,30-32,34-35H,2-5,7-9,13-14,16,22-26H2,1H3,(H,46,55)(H,49,52)(H,50,54)/b12-6-/t28-,31+,34-,35-,45+/m0/s1. The number of benzene rings is 2. The molecule has 328 valence electrons. The summed E-state index contributed by atoms with van der Waals surface area (Å²) in [7, 11) is -3.92. The molecule has 4 amide bonds. The molecule has 2 aromatic carbocycles. The van der Waals surface area contributed by atoms with E-state index in [1.165, 1.54) is 4.90 Å². The van der Waals surface area contributed by atoms with E-state index in [0.29, 0.717) is 66.9 Å². The van der Waals surface area contributed by atoms with Crippen molar-refractivity contribution in [3.05, 3.63) is 60.7 Å². The number of furan rings is 1. The second-order valence-electron chi connectivity index (χ2n) is 17.1. The van der Waals surface area contributed by atoms with Crippen molar-refractivity contribution in [3.8, 4) is 23.0 Å². The van der Waals surface area contributed by atoms with E-state index >= 15 is 0 Å². The number of amides is 4. The first-order valence-corrected chi connectivity index (χ1v) is 23.5. The molecule has 3 N–H and O–H groups in total. The fourth-order valence-corrected chi connectivity index (χ4v) is 10.3. The van der Waals surface area contributed by atoms with E-state index in [-0.39, 0.29) is 37.0 Å². The summed E-state index contributed by atoms with van der Waals surface area (Å²) in [6.45, 7) is 2.34. The number of carbonyl (C=O) groups excluding carboxylic acids is 4. The second-order valence-corrected chi connectivity index (χ2v) is 19.1. The number of carbonyl (C=O) groups is 4. The van der Waals surface area contributed by atoms with Gasteiger partial charge in [-0.3, -0.25) is 19.1 Å². The molecule has 0 unspecified atom stereocenters. The summed E-state index contributed by atoms with van der Waals surface area (Å²) in [6.07, 6.45) is 9.79. The summed E-state index contributed by atoms with van der Waals surface area (Å²) >= 11 is 0. The molecule has 9 rings (SSSR count). The molecule has 3 aliphatic carbocycles. The van der Waals surface area contributed by atoms with Gasteiger partial charge in [-0.2, -0.15) is 4.98 Å². The van der Waals surface area contributed by atoms with Crippen LogP contribution in [0.1, 0.15) is 90.4 Å². The van der Waals surface area contributed by atoms with Crippen LogP contribution in [0.5, 0.6) is 11.6 Å². The number of para-hydroxylation sites is 1. The van der Waals surface area contributed by atoms with Gasteiger partial charge in [-0.25, -0.2) is 18.2 Å². The Balaban J connectivity index is 1.05. The lowest BCUT2D eigenvalue weighted by Crippen LogP contribution is -2.58. The number of nitrogens with zero attached hydrogens (tertiary/aromatic N) is 3. The molecule has 5 aliphatic rings. The monoisotopic (exact) mass is 868 g/mol. The van der Waals surface area contributed by atoms with E-state index in [2.05, 4.69) is 15.4 Å². The molecule has 2 aliphatic heterocycles. The van der Waals surface area contributed by atoms with Crippen LogP contribution in [0.2, 0.25) is 0 Å². The van der Waals surface area contributed by atoms with Crippen molar-refractivity contribution >= 4 is 55.9 Å². The van der Waals surface area contributed by atoms with Crippen molar-refractivity contribution in [1.82, 2.24) is 30.2 Å². The summed E-state index contributed by atoms with van der Waals surface area (Å²) < 4.78 is 52.5. The maximum atomic E-state index is 14.8. The minimum Gasteiger partial charge on any atom is -0.494 e. The van der Waals surface area contributed by atoms with Crippen LogP contribution in [0.3, 0.4) is 0 Å². The third kappa shape index (κ3) is 8.68. The first-order chi connectivity index (χ1) is 30.0. The first-order valence-electron chi connectivity index (χ1n) is 21.9. The van der Waals surface area contributed by atoms with E-state index in [1.807, 2.05) is 67.6 Å². The van der Waals surface area contributed by atoms with Crippen LogP contribution in [0.15, 0.2) is 65.1 Å². The van der Waals surface area contributed by atoms with Crippen molar-refractivity contribution < 1.29 is 46.2 Å². The zero-order valence-corrected chi connectivity index (χ0v) is 35.5. The van der Waals surface area contributed by atoms with E-state index in [0.717, 1.165) is 43.9 Å². The van der Waals surface area contributed by atoms with Crippen LogP contribution >= 0.6 is 0 Å². The third-order valence-corrected chi connectivity index (χ3v) is 14.4. The molecule has 4 fully saturated rings. The number of nitrogens with one attached hydrogen (secondary N) is 3. The number of aromatic nitrogens is 2. The Labute approximate surface area is 359 Å². The van der Waals surface area contributed by atoms with Crippen LogP contribution in [-0.4, -0.2) is 95.3 Å². The highest BCUT2D eigenvalue weighted by molar-refractivity contribution is 7.91. The quantitative estimate of drug-likeness (QED) is 0.161. The number of allylic oxidation sites excluding steroid dienone is 1. The molecule has 17 heteroatoms. The Morgan fingerprint density at radius 1 is 0.952 bits per heavy atom. The van der Waals surface area contributed by atoms with Gasteiger partial charge in [-0.15, -0.1) is 0 Å². The Morgan fingerprint density at radius 2 is 1.73 bits per heavy atom. The molecule has 0 radical (unpaired) electrons. The van der Waals surface area contributed by atoms with Crippen LogP contribution in [0.25, 0.3) is 33.5 Å². The Hall–Kier alpha value is -5.71. The predicted molar refractivity (Wildman–Crippen MR) is 227 cm³/mol. The lowest BCUT2D eigenvalue weighted by Gasteiger charge is -2.30. The number of alkyl carbamates (subject to hydrolysis) is 1. The van der Waals surface area contributed by atoms with Crippen LogP contribution in [0, 0.1) is 5.92 Å². The number of sulfonamides is 1. The molecule has 16 nitrogen and oxygen atoms in total. The van der Waals surface area contributed by atoms with Gasteiger partial charge in [-0.1, -0.05) is 37.1 Å². The second kappa shape index (κ2) is 17.2. The van der Waals surface area contributed by atoms with Gasteiger partial charge in [0.25, 0.3) is 11.8 Å². The normalized spacial score (nSPS) is 26.4. The molecule has 0 spiro atoms. The molecule has 1 saturated heterocycles. The zero-order chi connectivity index (χ0) is 43.0. The highest BCUT2D eigenvalue weighted by Gasteiger charge is 2.62. The lowest BCUT2D eigenvalue weighted by molar-refractivity contribution is -0.141. The van der Waals surface area contributed by atoms with Crippen molar-refractivity contribution in [2.24, 2.45) is 5.92 Å².